The molecule has 2 atom stereocenters. The lowest BCUT2D eigenvalue weighted by molar-refractivity contribution is -0.137. The first-order valence-electron chi connectivity index (χ1n) is 10.1. The number of nitrogens with two attached hydrogens (primary N) is 1. The number of carbonyl (C=O) groups excluding carboxylic acids is 1. The molecule has 1 aromatic carbocycles. The fourth-order valence-electron chi connectivity index (χ4n) is 4.77. The van der Waals surface area contributed by atoms with E-state index in [9.17, 15) is 13.6 Å². The first-order valence-corrected chi connectivity index (χ1v) is 10.1. The molecule has 7 heteroatoms. The Hall–Kier alpha value is -1.89. The van der Waals surface area contributed by atoms with E-state index in [2.05, 4.69) is 4.74 Å². The Morgan fingerprint density at radius 3 is 2.54 bits per heavy atom. The number of fused-ring (bicyclic) bond motifs is 2. The molecule has 156 valence electrons. The topological polar surface area (TPSA) is 64.8 Å². The van der Waals surface area contributed by atoms with E-state index in [1.165, 1.54) is 12.5 Å². The number of halogens is 2. The van der Waals surface area contributed by atoms with Crippen LogP contribution in [0.3, 0.4) is 0 Å². The average Bonchev–Trinajstić information content (AvgIpc) is 2.63. The summed E-state index contributed by atoms with van der Waals surface area (Å²) in [6, 6.07) is 5.06. The van der Waals surface area contributed by atoms with E-state index in [4.69, 9.17) is 10.5 Å². The third-order valence-corrected chi connectivity index (χ3v) is 6.08. The van der Waals surface area contributed by atoms with Crippen molar-refractivity contribution in [2.75, 3.05) is 13.7 Å². The second kappa shape index (κ2) is 9.07. The van der Waals surface area contributed by atoms with Crippen molar-refractivity contribution >= 4 is 5.91 Å². The zero-order chi connectivity index (χ0) is 20.3. The van der Waals surface area contributed by atoms with Crippen molar-refractivity contribution in [3.8, 4) is 11.5 Å². The third kappa shape index (κ3) is 4.74. The molecule has 0 aliphatic heterocycles. The van der Waals surface area contributed by atoms with Crippen molar-refractivity contribution in [3.05, 3.63) is 23.8 Å². The first-order chi connectivity index (χ1) is 13.4. The Morgan fingerprint density at radius 2 is 1.93 bits per heavy atom. The highest BCUT2D eigenvalue weighted by atomic mass is 19.3. The van der Waals surface area contributed by atoms with Crippen LogP contribution in [0.1, 0.15) is 44.6 Å². The van der Waals surface area contributed by atoms with Gasteiger partial charge in [-0.15, -0.1) is 0 Å². The summed E-state index contributed by atoms with van der Waals surface area (Å²) in [5, 5.41) is 0. The van der Waals surface area contributed by atoms with Crippen LogP contribution in [-0.4, -0.2) is 37.1 Å². The summed E-state index contributed by atoms with van der Waals surface area (Å²) in [5.74, 6) is 1.32. The molecule has 0 heterocycles. The molecule has 2 fully saturated rings. The van der Waals surface area contributed by atoms with Gasteiger partial charge in [-0.25, -0.2) is 0 Å². The molecule has 1 aromatic rings. The first kappa shape index (κ1) is 20.8. The summed E-state index contributed by atoms with van der Waals surface area (Å²) in [6.07, 6.45) is 5.19. The Kier molecular flexibility index (Phi) is 6.75. The molecule has 0 radical (unpaired) electrons. The Labute approximate surface area is 165 Å². The van der Waals surface area contributed by atoms with Crippen LogP contribution in [0.2, 0.25) is 0 Å². The zero-order valence-corrected chi connectivity index (χ0v) is 16.6. The normalized spacial score (nSPS) is 26.8. The Morgan fingerprint density at radius 1 is 1.25 bits per heavy atom. The van der Waals surface area contributed by atoms with Gasteiger partial charge >= 0.3 is 6.61 Å². The molecule has 2 saturated carbocycles. The van der Waals surface area contributed by atoms with Gasteiger partial charge in [0.25, 0.3) is 0 Å². The maximum absolute atomic E-state index is 13.0. The minimum atomic E-state index is -2.91. The van der Waals surface area contributed by atoms with E-state index in [0.717, 1.165) is 31.2 Å². The second-order valence-electron chi connectivity index (χ2n) is 7.98. The average molecular weight is 396 g/mol. The van der Waals surface area contributed by atoms with Gasteiger partial charge in [0, 0.05) is 25.6 Å². The molecule has 0 saturated heterocycles. The van der Waals surface area contributed by atoms with Crippen molar-refractivity contribution in [2.24, 2.45) is 23.5 Å². The molecule has 2 aliphatic rings. The van der Waals surface area contributed by atoms with Crippen molar-refractivity contribution in [1.82, 2.24) is 4.90 Å². The van der Waals surface area contributed by atoms with Gasteiger partial charge in [-0.3, -0.25) is 4.79 Å². The van der Waals surface area contributed by atoms with E-state index < -0.39 is 6.61 Å². The molecule has 28 heavy (non-hydrogen) atoms. The quantitative estimate of drug-likeness (QED) is 0.761. The second-order valence-corrected chi connectivity index (χ2v) is 7.98. The largest absolute Gasteiger partial charge is 0.490 e. The van der Waals surface area contributed by atoms with E-state index in [1.54, 1.807) is 31.0 Å². The number of hydrogen-bond donors (Lipinski definition) is 1. The van der Waals surface area contributed by atoms with E-state index in [1.807, 2.05) is 0 Å². The molecule has 0 spiro atoms. The van der Waals surface area contributed by atoms with Crippen LogP contribution >= 0.6 is 0 Å². The number of hydrogen-bond acceptors (Lipinski definition) is 4. The number of nitrogens with zero attached hydrogens (tertiary/aromatic N) is 1. The van der Waals surface area contributed by atoms with Crippen LogP contribution in [0.15, 0.2) is 18.2 Å². The van der Waals surface area contributed by atoms with Gasteiger partial charge < -0.3 is 20.1 Å². The molecule has 5 nitrogen and oxygen atoms in total. The van der Waals surface area contributed by atoms with Crippen molar-refractivity contribution in [2.45, 2.75) is 58.2 Å². The zero-order valence-electron chi connectivity index (χ0n) is 16.6. The summed E-state index contributed by atoms with van der Waals surface area (Å²) in [4.78, 5) is 14.7. The fourth-order valence-corrected chi connectivity index (χ4v) is 4.77. The van der Waals surface area contributed by atoms with Crippen LogP contribution < -0.4 is 15.2 Å². The van der Waals surface area contributed by atoms with Crippen molar-refractivity contribution < 1.29 is 23.0 Å². The highest BCUT2D eigenvalue weighted by Gasteiger charge is 2.41. The number of rotatable bonds is 7. The van der Waals surface area contributed by atoms with Gasteiger partial charge in [0.1, 0.15) is 0 Å². The standard InChI is InChI=1S/C21H30F2N2O3/c1-3-27-18-9-13(7-8-17(18)28-21(22)23)12-25(2)20(26)16-10-14-5-4-6-15(11-16)19(14)24/h7-9,14-16,19,21H,3-6,10-12,24H2,1-2H3. The van der Waals surface area contributed by atoms with Crippen LogP contribution in [0, 0.1) is 17.8 Å². The Bertz CT molecular complexity index is 672. The highest BCUT2D eigenvalue weighted by Crippen LogP contribution is 2.42. The predicted octanol–water partition coefficient (Wildman–Crippen LogP) is 3.80. The highest BCUT2D eigenvalue weighted by molar-refractivity contribution is 5.78. The molecule has 2 bridgehead atoms. The van der Waals surface area contributed by atoms with Gasteiger partial charge in [-0.1, -0.05) is 12.5 Å². The van der Waals surface area contributed by atoms with Gasteiger partial charge in [-0.05, 0) is 62.1 Å². The van der Waals surface area contributed by atoms with Crippen molar-refractivity contribution in [3.63, 3.8) is 0 Å². The maximum Gasteiger partial charge on any atom is 0.387 e. The van der Waals surface area contributed by atoms with E-state index >= 15 is 0 Å². The van der Waals surface area contributed by atoms with Gasteiger partial charge in [-0.2, -0.15) is 8.78 Å². The minimum absolute atomic E-state index is 0.00340. The molecular weight excluding hydrogens is 366 g/mol. The van der Waals surface area contributed by atoms with Crippen LogP contribution in [0.5, 0.6) is 11.5 Å². The number of amides is 1. The smallest absolute Gasteiger partial charge is 0.387 e. The third-order valence-electron chi connectivity index (χ3n) is 6.08. The van der Waals surface area contributed by atoms with Gasteiger partial charge in [0.15, 0.2) is 11.5 Å². The van der Waals surface area contributed by atoms with Crippen molar-refractivity contribution in [1.29, 1.82) is 0 Å². The van der Waals surface area contributed by atoms with E-state index in [-0.39, 0.29) is 29.4 Å². The SMILES string of the molecule is CCOc1cc(CN(C)C(=O)C2CC3CCCC(C2)C3N)ccc1OC(F)F. The maximum atomic E-state index is 13.0. The number of carbonyl (C=O) groups is 1. The lowest BCUT2D eigenvalue weighted by Gasteiger charge is -2.44. The number of alkyl halides is 2. The molecule has 3 rings (SSSR count). The van der Waals surface area contributed by atoms with Crippen LogP contribution in [0.25, 0.3) is 0 Å². The summed E-state index contributed by atoms with van der Waals surface area (Å²) < 4.78 is 35.0. The number of benzene rings is 1. The monoisotopic (exact) mass is 396 g/mol. The molecular formula is C21H30F2N2O3. The summed E-state index contributed by atoms with van der Waals surface area (Å²) in [6.45, 7) is -0.403. The minimum Gasteiger partial charge on any atom is -0.490 e. The summed E-state index contributed by atoms with van der Waals surface area (Å²) in [7, 11) is 1.79. The van der Waals surface area contributed by atoms with Gasteiger partial charge in [0.05, 0.1) is 6.61 Å². The number of ether oxygens (including phenoxy) is 2. The molecule has 2 unspecified atom stereocenters. The fraction of sp³-hybridized carbons (Fsp3) is 0.667. The molecule has 2 N–H and O–H groups in total. The van der Waals surface area contributed by atoms with Gasteiger partial charge in [0.2, 0.25) is 5.91 Å². The molecule has 0 aromatic heterocycles. The Balaban J connectivity index is 1.66. The lowest BCUT2D eigenvalue weighted by Crippen LogP contribution is -2.49. The summed E-state index contributed by atoms with van der Waals surface area (Å²) in [5.41, 5.74) is 7.15. The lowest BCUT2D eigenvalue weighted by atomic mass is 9.65. The van der Waals surface area contributed by atoms with Crippen LogP contribution in [0.4, 0.5) is 8.78 Å². The van der Waals surface area contributed by atoms with E-state index in [0.29, 0.717) is 25.0 Å². The molecule has 1 amide bonds. The summed E-state index contributed by atoms with van der Waals surface area (Å²) >= 11 is 0. The molecule has 2 aliphatic carbocycles. The predicted molar refractivity (Wildman–Crippen MR) is 102 cm³/mol. The van der Waals surface area contributed by atoms with Crippen LogP contribution in [-0.2, 0) is 11.3 Å².